The third kappa shape index (κ3) is 4.75. The summed E-state index contributed by atoms with van der Waals surface area (Å²) in [4.78, 5) is 14.0. The summed E-state index contributed by atoms with van der Waals surface area (Å²) in [5.74, 6) is 3.58. The smallest absolute Gasteiger partial charge is 0.231 e. The van der Waals surface area contributed by atoms with Gasteiger partial charge in [-0.25, -0.2) is 0 Å². The number of ether oxygens (including phenoxy) is 1. The summed E-state index contributed by atoms with van der Waals surface area (Å²) in [6, 6.07) is 11.6. The molecule has 0 amide bonds. The van der Waals surface area contributed by atoms with Crippen molar-refractivity contribution in [1.82, 2.24) is 25.1 Å². The second kappa shape index (κ2) is 8.36. The third-order valence-corrected chi connectivity index (χ3v) is 4.83. The number of benzene rings is 1. The largest absolute Gasteiger partial charge is 0.497 e. The van der Waals surface area contributed by atoms with Crippen molar-refractivity contribution in [1.29, 1.82) is 0 Å². The van der Waals surface area contributed by atoms with E-state index in [0.717, 1.165) is 54.9 Å². The van der Waals surface area contributed by atoms with Crippen LogP contribution >= 0.6 is 0 Å². The van der Waals surface area contributed by atoms with Crippen molar-refractivity contribution in [2.24, 2.45) is 0 Å². The highest BCUT2D eigenvalue weighted by Gasteiger charge is 2.17. The zero-order chi connectivity index (χ0) is 20.2. The van der Waals surface area contributed by atoms with Gasteiger partial charge in [-0.15, -0.1) is 0 Å². The van der Waals surface area contributed by atoms with Crippen LogP contribution in [0.3, 0.4) is 0 Å². The lowest BCUT2D eigenvalue weighted by Crippen LogP contribution is -2.44. The first kappa shape index (κ1) is 19.0. The molecule has 3 N–H and O–H groups in total. The average Bonchev–Trinajstić information content (AvgIpc) is 3.13. The maximum absolute atomic E-state index is 5.31. The van der Waals surface area contributed by atoms with Crippen LogP contribution in [0, 0.1) is 6.92 Å². The van der Waals surface area contributed by atoms with Gasteiger partial charge in [0.1, 0.15) is 17.4 Å². The molecule has 1 saturated heterocycles. The first-order valence-corrected chi connectivity index (χ1v) is 9.62. The number of H-pyrrole nitrogens is 1. The molecule has 0 aliphatic carbocycles. The molecular weight excluding hydrogens is 368 g/mol. The van der Waals surface area contributed by atoms with Crippen molar-refractivity contribution in [3.8, 4) is 5.75 Å². The Morgan fingerprint density at radius 3 is 2.55 bits per heavy atom. The molecule has 9 heteroatoms. The topological polar surface area (TPSA) is 94.2 Å². The highest BCUT2D eigenvalue weighted by atomic mass is 16.5. The molecule has 1 fully saturated rings. The molecule has 0 saturated carbocycles. The van der Waals surface area contributed by atoms with Crippen LogP contribution in [0.4, 0.5) is 29.1 Å². The van der Waals surface area contributed by atoms with Gasteiger partial charge in [0.05, 0.1) is 7.11 Å². The third-order valence-electron chi connectivity index (χ3n) is 4.83. The second-order valence-electron chi connectivity index (χ2n) is 7.14. The number of aryl methyl sites for hydroxylation is 1. The summed E-state index contributed by atoms with van der Waals surface area (Å²) in [5, 5.41) is 13.7. The molecule has 1 aromatic carbocycles. The molecule has 9 nitrogen and oxygen atoms in total. The van der Waals surface area contributed by atoms with Gasteiger partial charge in [0.15, 0.2) is 5.82 Å². The lowest BCUT2D eigenvalue weighted by molar-refractivity contribution is 0.312. The maximum atomic E-state index is 5.31. The maximum Gasteiger partial charge on any atom is 0.231 e. The van der Waals surface area contributed by atoms with Gasteiger partial charge in [-0.3, -0.25) is 5.10 Å². The van der Waals surface area contributed by atoms with E-state index in [1.165, 1.54) is 0 Å². The van der Waals surface area contributed by atoms with Crippen LogP contribution in [0.2, 0.25) is 0 Å². The summed E-state index contributed by atoms with van der Waals surface area (Å²) in [6.45, 7) is 5.82. The molecule has 0 bridgehead atoms. The van der Waals surface area contributed by atoms with Crippen LogP contribution < -0.4 is 20.3 Å². The minimum Gasteiger partial charge on any atom is -0.497 e. The second-order valence-corrected chi connectivity index (χ2v) is 7.14. The molecular formula is C20H26N8O. The number of anilines is 5. The quantitative estimate of drug-likeness (QED) is 0.588. The molecule has 0 spiro atoms. The highest BCUT2D eigenvalue weighted by Crippen LogP contribution is 2.25. The van der Waals surface area contributed by atoms with Crippen LogP contribution in [0.15, 0.2) is 36.4 Å². The van der Waals surface area contributed by atoms with Crippen molar-refractivity contribution in [2.75, 3.05) is 55.9 Å². The molecule has 1 aliphatic heterocycles. The van der Waals surface area contributed by atoms with E-state index in [2.05, 4.69) is 42.7 Å². The normalized spacial score (nSPS) is 14.7. The molecule has 0 radical (unpaired) electrons. The molecule has 3 heterocycles. The van der Waals surface area contributed by atoms with Gasteiger partial charge >= 0.3 is 0 Å². The Hall–Kier alpha value is -3.33. The number of likely N-dealkylation sites (N-methyl/N-ethyl adjacent to an activating group) is 1. The van der Waals surface area contributed by atoms with Crippen molar-refractivity contribution in [2.45, 2.75) is 6.92 Å². The van der Waals surface area contributed by atoms with Gasteiger partial charge < -0.3 is 25.2 Å². The zero-order valence-corrected chi connectivity index (χ0v) is 16.9. The number of hydrogen-bond donors (Lipinski definition) is 3. The van der Waals surface area contributed by atoms with Gasteiger partial charge in [0.25, 0.3) is 0 Å². The molecule has 3 aromatic rings. The van der Waals surface area contributed by atoms with E-state index < -0.39 is 0 Å². The number of methoxy groups -OCH3 is 1. The Balaban J connectivity index is 1.63. The van der Waals surface area contributed by atoms with E-state index >= 15 is 0 Å². The Labute approximate surface area is 170 Å². The van der Waals surface area contributed by atoms with Gasteiger partial charge in [0.2, 0.25) is 5.95 Å². The number of hydrogen-bond acceptors (Lipinski definition) is 8. The van der Waals surface area contributed by atoms with Gasteiger partial charge in [-0.2, -0.15) is 15.1 Å². The molecule has 1 aliphatic rings. The average molecular weight is 394 g/mol. The van der Waals surface area contributed by atoms with Crippen molar-refractivity contribution in [3.63, 3.8) is 0 Å². The van der Waals surface area contributed by atoms with E-state index in [4.69, 9.17) is 9.72 Å². The lowest BCUT2D eigenvalue weighted by Gasteiger charge is -2.33. The monoisotopic (exact) mass is 394 g/mol. The fourth-order valence-electron chi connectivity index (χ4n) is 3.20. The SMILES string of the molecule is COc1cccc(Nc2nc(Nc3cc(C)[nH]n3)cc(N3CCN(C)CC3)n2)c1. The number of aromatic nitrogens is 4. The van der Waals surface area contributed by atoms with E-state index in [1.807, 2.05) is 43.3 Å². The summed E-state index contributed by atoms with van der Waals surface area (Å²) in [6.07, 6.45) is 0. The van der Waals surface area contributed by atoms with Crippen LogP contribution in [0.25, 0.3) is 0 Å². The minimum absolute atomic E-state index is 0.518. The minimum atomic E-state index is 0.518. The first-order chi connectivity index (χ1) is 14.1. The van der Waals surface area contributed by atoms with Crippen molar-refractivity contribution in [3.05, 3.63) is 42.1 Å². The number of piperazine rings is 1. The van der Waals surface area contributed by atoms with E-state index in [9.17, 15) is 0 Å². The first-order valence-electron chi connectivity index (χ1n) is 9.62. The highest BCUT2D eigenvalue weighted by molar-refractivity contribution is 5.63. The molecule has 152 valence electrons. The Bertz CT molecular complexity index is 965. The van der Waals surface area contributed by atoms with E-state index in [0.29, 0.717) is 11.8 Å². The van der Waals surface area contributed by atoms with E-state index in [1.54, 1.807) is 7.11 Å². The van der Waals surface area contributed by atoms with Gasteiger partial charge in [-0.1, -0.05) is 6.07 Å². The molecule has 0 unspecified atom stereocenters. The molecule has 4 rings (SSSR count). The molecule has 0 atom stereocenters. The predicted octanol–water partition coefficient (Wildman–Crippen LogP) is 2.76. The van der Waals surface area contributed by atoms with Crippen LogP contribution in [-0.4, -0.2) is 65.4 Å². The summed E-state index contributed by atoms with van der Waals surface area (Å²) in [7, 11) is 3.79. The number of aromatic amines is 1. The standard InChI is InChI=1S/C20H26N8O/c1-14-11-18(26-25-14)22-17-13-19(28-9-7-27(2)8-10-28)24-20(23-17)21-15-5-4-6-16(12-15)29-3/h4-6,11-13H,7-10H2,1-3H3,(H3,21,22,23,24,25,26). The van der Waals surface area contributed by atoms with Crippen LogP contribution in [-0.2, 0) is 0 Å². The summed E-state index contributed by atoms with van der Waals surface area (Å²) < 4.78 is 5.31. The Morgan fingerprint density at radius 2 is 1.83 bits per heavy atom. The lowest BCUT2D eigenvalue weighted by atomic mass is 10.3. The number of nitrogens with one attached hydrogen (secondary N) is 3. The van der Waals surface area contributed by atoms with Gasteiger partial charge in [0, 0.05) is 55.8 Å². The van der Waals surface area contributed by atoms with Crippen molar-refractivity contribution >= 4 is 29.1 Å². The summed E-state index contributed by atoms with van der Waals surface area (Å²) >= 11 is 0. The van der Waals surface area contributed by atoms with Crippen LogP contribution in [0.1, 0.15) is 5.69 Å². The molecule has 29 heavy (non-hydrogen) atoms. The number of nitrogens with zero attached hydrogens (tertiary/aromatic N) is 5. The Kier molecular flexibility index (Phi) is 5.48. The summed E-state index contributed by atoms with van der Waals surface area (Å²) in [5.41, 5.74) is 1.84. The van der Waals surface area contributed by atoms with E-state index in [-0.39, 0.29) is 0 Å². The molecule has 2 aromatic heterocycles. The van der Waals surface area contributed by atoms with Crippen LogP contribution in [0.5, 0.6) is 5.75 Å². The fraction of sp³-hybridized carbons (Fsp3) is 0.350. The Morgan fingerprint density at radius 1 is 1.00 bits per heavy atom. The van der Waals surface area contributed by atoms with Crippen molar-refractivity contribution < 1.29 is 4.74 Å². The number of rotatable bonds is 6. The zero-order valence-electron chi connectivity index (χ0n) is 16.9. The van der Waals surface area contributed by atoms with Gasteiger partial charge in [-0.05, 0) is 26.1 Å². The fourth-order valence-corrected chi connectivity index (χ4v) is 3.20. The predicted molar refractivity (Wildman–Crippen MR) is 115 cm³/mol.